The van der Waals surface area contributed by atoms with Crippen molar-refractivity contribution in [2.45, 2.75) is 26.7 Å². The molecule has 0 saturated heterocycles. The summed E-state index contributed by atoms with van der Waals surface area (Å²) in [6.45, 7) is 7.54. The van der Waals surface area contributed by atoms with Crippen molar-refractivity contribution >= 4 is 35.6 Å². The van der Waals surface area contributed by atoms with Gasteiger partial charge < -0.3 is 24.8 Å². The van der Waals surface area contributed by atoms with Crippen molar-refractivity contribution < 1.29 is 14.2 Å². The van der Waals surface area contributed by atoms with Gasteiger partial charge >= 0.3 is 0 Å². The van der Waals surface area contributed by atoms with Gasteiger partial charge in [-0.15, -0.1) is 24.0 Å². The molecule has 0 radical (unpaired) electrons. The van der Waals surface area contributed by atoms with Crippen molar-refractivity contribution in [1.82, 2.24) is 5.32 Å². The Morgan fingerprint density at radius 1 is 1.24 bits per heavy atom. The first-order chi connectivity index (χ1) is 11.8. The molecule has 0 amide bonds. The van der Waals surface area contributed by atoms with Crippen molar-refractivity contribution in [2.24, 2.45) is 10.9 Å². The van der Waals surface area contributed by atoms with E-state index in [2.05, 4.69) is 15.6 Å². The molecule has 0 aromatic heterocycles. The maximum absolute atomic E-state index is 5.62. The molecule has 2 N–H and O–H groups in total. The molecule has 1 fully saturated rings. The summed E-state index contributed by atoms with van der Waals surface area (Å²) < 4.78 is 16.5. The van der Waals surface area contributed by atoms with Gasteiger partial charge in [0.05, 0.1) is 26.9 Å². The zero-order valence-electron chi connectivity index (χ0n) is 15.3. The third-order valence-electron chi connectivity index (χ3n) is 3.63. The zero-order chi connectivity index (χ0) is 17.2. The molecule has 1 aromatic rings. The fourth-order valence-electron chi connectivity index (χ4n) is 2.22. The highest BCUT2D eigenvalue weighted by Crippen LogP contribution is 2.30. The quantitative estimate of drug-likeness (QED) is 0.241. The minimum Gasteiger partial charge on any atom is -0.493 e. The first-order valence-corrected chi connectivity index (χ1v) is 8.70. The molecule has 0 bridgehead atoms. The van der Waals surface area contributed by atoms with Gasteiger partial charge in [0, 0.05) is 24.9 Å². The molecule has 142 valence electrons. The summed E-state index contributed by atoms with van der Waals surface area (Å²) in [6, 6.07) is 5.74. The Kier molecular flexibility index (Phi) is 10.6. The smallest absolute Gasteiger partial charge is 0.195 e. The Hall–Kier alpha value is -1.22. The van der Waals surface area contributed by atoms with Crippen LogP contribution in [0.4, 0.5) is 5.69 Å². The minimum atomic E-state index is 0. The van der Waals surface area contributed by atoms with Crippen LogP contribution < -0.4 is 20.1 Å². The molecule has 0 aliphatic heterocycles. The van der Waals surface area contributed by atoms with Crippen LogP contribution in [0, 0.1) is 5.92 Å². The van der Waals surface area contributed by atoms with Gasteiger partial charge in [-0.25, -0.2) is 0 Å². The minimum absolute atomic E-state index is 0. The van der Waals surface area contributed by atoms with E-state index >= 15 is 0 Å². The van der Waals surface area contributed by atoms with Gasteiger partial charge in [0.2, 0.25) is 0 Å². The molecule has 1 aliphatic carbocycles. The SMILES string of the molecule is CCNC(=NCCOCC1CC1)Nc1ccc(OC)c(OCC)c1.I. The average Bonchev–Trinajstić information content (AvgIpc) is 3.39. The molecule has 0 spiro atoms. The summed E-state index contributed by atoms with van der Waals surface area (Å²) in [6.07, 6.45) is 2.63. The fourth-order valence-corrected chi connectivity index (χ4v) is 2.22. The van der Waals surface area contributed by atoms with Gasteiger partial charge in [0.15, 0.2) is 17.5 Å². The second kappa shape index (κ2) is 12.2. The number of hydrogen-bond acceptors (Lipinski definition) is 4. The first-order valence-electron chi connectivity index (χ1n) is 8.70. The lowest BCUT2D eigenvalue weighted by atomic mass is 10.2. The summed E-state index contributed by atoms with van der Waals surface area (Å²) >= 11 is 0. The van der Waals surface area contributed by atoms with Crippen LogP contribution in [-0.4, -0.2) is 46.0 Å². The molecule has 0 heterocycles. The van der Waals surface area contributed by atoms with Crippen molar-refractivity contribution in [3.05, 3.63) is 18.2 Å². The second-order valence-corrected chi connectivity index (χ2v) is 5.70. The van der Waals surface area contributed by atoms with Gasteiger partial charge in [-0.05, 0) is 44.7 Å². The number of methoxy groups -OCH3 is 1. The molecule has 2 rings (SSSR count). The third-order valence-corrected chi connectivity index (χ3v) is 3.63. The van der Waals surface area contributed by atoms with Crippen LogP contribution in [0.15, 0.2) is 23.2 Å². The summed E-state index contributed by atoms with van der Waals surface area (Å²) in [5.41, 5.74) is 0.901. The van der Waals surface area contributed by atoms with Crippen LogP contribution in [0.5, 0.6) is 11.5 Å². The number of ether oxygens (including phenoxy) is 3. The van der Waals surface area contributed by atoms with Crippen LogP contribution in [0.3, 0.4) is 0 Å². The van der Waals surface area contributed by atoms with E-state index in [4.69, 9.17) is 14.2 Å². The van der Waals surface area contributed by atoms with Crippen LogP contribution >= 0.6 is 24.0 Å². The van der Waals surface area contributed by atoms with Crippen LogP contribution in [0.1, 0.15) is 26.7 Å². The topological polar surface area (TPSA) is 64.1 Å². The van der Waals surface area contributed by atoms with E-state index in [-0.39, 0.29) is 24.0 Å². The van der Waals surface area contributed by atoms with Crippen molar-refractivity contribution in [3.8, 4) is 11.5 Å². The highest BCUT2D eigenvalue weighted by Gasteiger charge is 2.20. The second-order valence-electron chi connectivity index (χ2n) is 5.70. The predicted molar refractivity (Wildman–Crippen MR) is 113 cm³/mol. The number of guanidine groups is 1. The van der Waals surface area contributed by atoms with E-state index in [0.29, 0.717) is 25.5 Å². The van der Waals surface area contributed by atoms with E-state index in [0.717, 1.165) is 36.5 Å². The summed E-state index contributed by atoms with van der Waals surface area (Å²) in [4.78, 5) is 4.54. The number of rotatable bonds is 10. The summed E-state index contributed by atoms with van der Waals surface area (Å²) in [5, 5.41) is 6.52. The number of nitrogens with zero attached hydrogens (tertiary/aromatic N) is 1. The monoisotopic (exact) mass is 463 g/mol. The van der Waals surface area contributed by atoms with E-state index in [1.165, 1.54) is 12.8 Å². The number of anilines is 1. The van der Waals surface area contributed by atoms with Gasteiger partial charge in [-0.3, -0.25) is 4.99 Å². The zero-order valence-corrected chi connectivity index (χ0v) is 17.7. The van der Waals surface area contributed by atoms with Crippen molar-refractivity contribution in [3.63, 3.8) is 0 Å². The highest BCUT2D eigenvalue weighted by molar-refractivity contribution is 14.0. The number of hydrogen-bond donors (Lipinski definition) is 2. The van der Waals surface area contributed by atoms with Gasteiger partial charge in [0.1, 0.15) is 0 Å². The highest BCUT2D eigenvalue weighted by atomic mass is 127. The molecule has 0 atom stereocenters. The molecular weight excluding hydrogens is 433 g/mol. The van der Waals surface area contributed by atoms with Gasteiger partial charge in [-0.2, -0.15) is 0 Å². The summed E-state index contributed by atoms with van der Waals surface area (Å²) in [7, 11) is 1.64. The summed E-state index contributed by atoms with van der Waals surface area (Å²) in [5.74, 6) is 2.96. The molecular formula is C18H30IN3O3. The maximum Gasteiger partial charge on any atom is 0.195 e. The van der Waals surface area contributed by atoms with Crippen LogP contribution in [0.2, 0.25) is 0 Å². The lowest BCUT2D eigenvalue weighted by Gasteiger charge is -2.14. The van der Waals surface area contributed by atoms with Crippen LogP contribution in [-0.2, 0) is 4.74 Å². The molecule has 25 heavy (non-hydrogen) atoms. The molecule has 1 aromatic carbocycles. The van der Waals surface area contributed by atoms with Crippen molar-refractivity contribution in [2.75, 3.05) is 45.3 Å². The third kappa shape index (κ3) is 8.13. The predicted octanol–water partition coefficient (Wildman–Crippen LogP) is 3.52. The van der Waals surface area contributed by atoms with E-state index < -0.39 is 0 Å². The Labute approximate surface area is 167 Å². The lowest BCUT2D eigenvalue weighted by molar-refractivity contribution is 0.132. The number of aliphatic imine (C=N–C) groups is 1. The number of nitrogens with one attached hydrogen (secondary N) is 2. The molecule has 6 nitrogen and oxygen atoms in total. The Bertz CT molecular complexity index is 536. The molecule has 1 saturated carbocycles. The fraction of sp³-hybridized carbons (Fsp3) is 0.611. The normalized spacial score (nSPS) is 13.8. The molecule has 1 aliphatic rings. The lowest BCUT2D eigenvalue weighted by Crippen LogP contribution is -2.31. The number of halogens is 1. The standard InChI is InChI=1S/C18H29N3O3.HI/c1-4-19-18(20-10-11-23-13-14-6-7-14)21-15-8-9-16(22-3)17(12-15)24-5-2;/h8-9,12,14H,4-7,10-11,13H2,1-3H3,(H2,19,20,21);1H. The van der Waals surface area contributed by atoms with E-state index in [9.17, 15) is 0 Å². The Balaban J connectivity index is 0.00000312. The van der Waals surface area contributed by atoms with Gasteiger partial charge in [0.25, 0.3) is 0 Å². The number of benzene rings is 1. The van der Waals surface area contributed by atoms with Gasteiger partial charge in [-0.1, -0.05) is 0 Å². The average molecular weight is 463 g/mol. The van der Waals surface area contributed by atoms with Crippen LogP contribution in [0.25, 0.3) is 0 Å². The Morgan fingerprint density at radius 2 is 2.04 bits per heavy atom. The molecule has 7 heteroatoms. The Morgan fingerprint density at radius 3 is 2.68 bits per heavy atom. The van der Waals surface area contributed by atoms with E-state index in [1.807, 2.05) is 32.0 Å². The van der Waals surface area contributed by atoms with E-state index in [1.54, 1.807) is 7.11 Å². The largest absolute Gasteiger partial charge is 0.493 e. The van der Waals surface area contributed by atoms with Crippen molar-refractivity contribution in [1.29, 1.82) is 0 Å². The maximum atomic E-state index is 5.62. The first kappa shape index (κ1) is 21.8. The molecule has 0 unspecified atom stereocenters.